The van der Waals surface area contributed by atoms with Crippen LogP contribution in [0.1, 0.15) is 0 Å². The molecule has 0 aliphatic rings. The fourth-order valence-corrected chi connectivity index (χ4v) is 2.86. The third-order valence-corrected chi connectivity index (χ3v) is 3.92. The first-order valence-corrected chi connectivity index (χ1v) is 6.46. The van der Waals surface area contributed by atoms with Crippen molar-refractivity contribution in [1.82, 2.24) is 0 Å². The van der Waals surface area contributed by atoms with Crippen LogP contribution in [0, 0.1) is 0 Å². The highest BCUT2D eigenvalue weighted by molar-refractivity contribution is 7.15. The standard InChI is InChI=1S/C14H9ClOS/c15-14-13(5-6-17-14)11-2-1-10-8-12(16)4-3-9(10)7-11/h1-8,16H. The van der Waals surface area contributed by atoms with Crippen molar-refractivity contribution >= 4 is 33.7 Å². The van der Waals surface area contributed by atoms with Gasteiger partial charge in [-0.05, 0) is 46.0 Å². The van der Waals surface area contributed by atoms with Crippen LogP contribution >= 0.6 is 22.9 Å². The molecule has 3 heteroatoms. The Morgan fingerprint density at radius 1 is 0.941 bits per heavy atom. The summed E-state index contributed by atoms with van der Waals surface area (Å²) in [5, 5.41) is 13.5. The van der Waals surface area contributed by atoms with Gasteiger partial charge in [-0.2, -0.15) is 0 Å². The Bertz CT molecular complexity index is 688. The number of thiophene rings is 1. The van der Waals surface area contributed by atoms with Crippen molar-refractivity contribution in [3.05, 3.63) is 52.2 Å². The number of phenolic OH excluding ortho intramolecular Hbond substituents is 1. The van der Waals surface area contributed by atoms with Gasteiger partial charge in [-0.15, -0.1) is 11.3 Å². The van der Waals surface area contributed by atoms with E-state index in [1.54, 1.807) is 12.1 Å². The van der Waals surface area contributed by atoms with Crippen LogP contribution in [0.4, 0.5) is 0 Å². The maximum absolute atomic E-state index is 9.41. The molecule has 1 heterocycles. The fraction of sp³-hybridized carbons (Fsp3) is 0. The number of rotatable bonds is 1. The summed E-state index contributed by atoms with van der Waals surface area (Å²) in [4.78, 5) is 0. The smallest absolute Gasteiger partial charge is 0.116 e. The van der Waals surface area contributed by atoms with Crippen LogP contribution in [0.25, 0.3) is 21.9 Å². The molecule has 2 aromatic carbocycles. The van der Waals surface area contributed by atoms with E-state index in [-0.39, 0.29) is 0 Å². The van der Waals surface area contributed by atoms with Gasteiger partial charge < -0.3 is 5.11 Å². The van der Waals surface area contributed by atoms with Crippen molar-refractivity contribution in [2.24, 2.45) is 0 Å². The molecule has 84 valence electrons. The number of benzene rings is 2. The number of aromatic hydroxyl groups is 1. The zero-order chi connectivity index (χ0) is 11.8. The zero-order valence-electron chi connectivity index (χ0n) is 8.85. The molecule has 0 bridgehead atoms. The van der Waals surface area contributed by atoms with Gasteiger partial charge in [-0.3, -0.25) is 0 Å². The lowest BCUT2D eigenvalue weighted by Crippen LogP contribution is -1.77. The summed E-state index contributed by atoms with van der Waals surface area (Å²) in [6.07, 6.45) is 0. The van der Waals surface area contributed by atoms with Gasteiger partial charge in [0.2, 0.25) is 0 Å². The van der Waals surface area contributed by atoms with E-state index in [1.807, 2.05) is 29.6 Å². The lowest BCUT2D eigenvalue weighted by molar-refractivity contribution is 0.476. The number of hydrogen-bond donors (Lipinski definition) is 1. The molecule has 0 spiro atoms. The normalized spacial score (nSPS) is 10.9. The van der Waals surface area contributed by atoms with Crippen molar-refractivity contribution in [2.75, 3.05) is 0 Å². The molecule has 0 atom stereocenters. The van der Waals surface area contributed by atoms with E-state index in [0.29, 0.717) is 5.75 Å². The average molecular weight is 261 g/mol. The van der Waals surface area contributed by atoms with E-state index in [0.717, 1.165) is 26.2 Å². The molecule has 0 saturated heterocycles. The quantitative estimate of drug-likeness (QED) is 0.658. The Balaban J connectivity index is 2.20. The van der Waals surface area contributed by atoms with Crippen LogP contribution in [0.2, 0.25) is 4.34 Å². The highest BCUT2D eigenvalue weighted by atomic mass is 35.5. The molecular weight excluding hydrogens is 252 g/mol. The van der Waals surface area contributed by atoms with E-state index < -0.39 is 0 Å². The Morgan fingerprint density at radius 2 is 1.71 bits per heavy atom. The average Bonchev–Trinajstić information content (AvgIpc) is 2.75. The highest BCUT2D eigenvalue weighted by Gasteiger charge is 2.05. The number of fused-ring (bicyclic) bond motifs is 1. The summed E-state index contributed by atoms with van der Waals surface area (Å²) in [6, 6.07) is 13.5. The minimum Gasteiger partial charge on any atom is -0.508 e. The van der Waals surface area contributed by atoms with E-state index in [1.165, 1.54) is 11.3 Å². The van der Waals surface area contributed by atoms with Gasteiger partial charge in [0.25, 0.3) is 0 Å². The van der Waals surface area contributed by atoms with Crippen LogP contribution in [-0.4, -0.2) is 5.11 Å². The van der Waals surface area contributed by atoms with Crippen LogP contribution in [0.3, 0.4) is 0 Å². The summed E-state index contributed by atoms with van der Waals surface area (Å²) < 4.78 is 0.808. The molecule has 0 fully saturated rings. The first kappa shape index (κ1) is 10.6. The molecule has 1 aromatic heterocycles. The predicted octanol–water partition coefficient (Wildman–Crippen LogP) is 4.93. The fourth-order valence-electron chi connectivity index (χ4n) is 1.90. The first-order valence-electron chi connectivity index (χ1n) is 5.20. The third-order valence-electron chi connectivity index (χ3n) is 2.75. The van der Waals surface area contributed by atoms with Gasteiger partial charge in [0.1, 0.15) is 10.1 Å². The largest absolute Gasteiger partial charge is 0.508 e. The van der Waals surface area contributed by atoms with Gasteiger partial charge in [-0.25, -0.2) is 0 Å². The third kappa shape index (κ3) is 1.90. The summed E-state index contributed by atoms with van der Waals surface area (Å²) in [5.74, 6) is 0.291. The Hall–Kier alpha value is -1.51. The molecule has 1 N–H and O–H groups in total. The second-order valence-electron chi connectivity index (χ2n) is 3.85. The summed E-state index contributed by atoms with van der Waals surface area (Å²) in [5.41, 5.74) is 2.17. The lowest BCUT2D eigenvalue weighted by Gasteiger charge is -2.03. The summed E-state index contributed by atoms with van der Waals surface area (Å²) >= 11 is 7.66. The van der Waals surface area contributed by atoms with Crippen LogP contribution in [0.15, 0.2) is 47.8 Å². The zero-order valence-corrected chi connectivity index (χ0v) is 10.4. The van der Waals surface area contributed by atoms with E-state index in [9.17, 15) is 5.11 Å². The number of phenols is 1. The molecule has 0 unspecified atom stereocenters. The molecule has 0 amide bonds. The number of hydrogen-bond acceptors (Lipinski definition) is 2. The molecule has 0 saturated carbocycles. The summed E-state index contributed by atoms with van der Waals surface area (Å²) in [6.45, 7) is 0. The lowest BCUT2D eigenvalue weighted by atomic mass is 10.0. The molecule has 0 aliphatic heterocycles. The minimum absolute atomic E-state index is 0.291. The molecule has 0 aliphatic carbocycles. The Labute approximate surface area is 108 Å². The highest BCUT2D eigenvalue weighted by Crippen LogP contribution is 2.34. The molecular formula is C14H9ClOS. The van der Waals surface area contributed by atoms with Crippen molar-refractivity contribution in [1.29, 1.82) is 0 Å². The molecule has 3 aromatic rings. The van der Waals surface area contributed by atoms with Gasteiger partial charge in [0.15, 0.2) is 0 Å². The molecule has 0 radical (unpaired) electrons. The monoisotopic (exact) mass is 260 g/mol. The van der Waals surface area contributed by atoms with Crippen LogP contribution in [-0.2, 0) is 0 Å². The van der Waals surface area contributed by atoms with Crippen molar-refractivity contribution in [2.45, 2.75) is 0 Å². The van der Waals surface area contributed by atoms with E-state index in [4.69, 9.17) is 11.6 Å². The van der Waals surface area contributed by atoms with Gasteiger partial charge in [-0.1, -0.05) is 29.8 Å². The minimum atomic E-state index is 0.291. The molecule has 3 rings (SSSR count). The second-order valence-corrected chi connectivity index (χ2v) is 5.37. The van der Waals surface area contributed by atoms with Crippen LogP contribution < -0.4 is 0 Å². The van der Waals surface area contributed by atoms with Gasteiger partial charge >= 0.3 is 0 Å². The van der Waals surface area contributed by atoms with E-state index >= 15 is 0 Å². The Morgan fingerprint density at radius 3 is 2.47 bits per heavy atom. The predicted molar refractivity (Wildman–Crippen MR) is 73.9 cm³/mol. The molecule has 17 heavy (non-hydrogen) atoms. The second kappa shape index (κ2) is 4.06. The Kier molecular flexibility index (Phi) is 2.54. The van der Waals surface area contributed by atoms with Gasteiger partial charge in [0.05, 0.1) is 0 Å². The van der Waals surface area contributed by atoms with Crippen molar-refractivity contribution < 1.29 is 5.11 Å². The van der Waals surface area contributed by atoms with Crippen molar-refractivity contribution in [3.8, 4) is 16.9 Å². The molecule has 1 nitrogen and oxygen atoms in total. The maximum Gasteiger partial charge on any atom is 0.116 e. The van der Waals surface area contributed by atoms with Crippen LogP contribution in [0.5, 0.6) is 5.75 Å². The number of halogens is 1. The van der Waals surface area contributed by atoms with Crippen molar-refractivity contribution in [3.63, 3.8) is 0 Å². The topological polar surface area (TPSA) is 20.2 Å². The summed E-state index contributed by atoms with van der Waals surface area (Å²) in [7, 11) is 0. The van der Waals surface area contributed by atoms with Gasteiger partial charge in [0, 0.05) is 5.56 Å². The maximum atomic E-state index is 9.41. The first-order chi connectivity index (χ1) is 8.24. The SMILES string of the molecule is Oc1ccc2cc(-c3ccsc3Cl)ccc2c1. The van der Waals surface area contributed by atoms with E-state index in [2.05, 4.69) is 6.07 Å².